The van der Waals surface area contributed by atoms with E-state index < -0.39 is 0 Å². The molecule has 0 bridgehead atoms. The van der Waals surface area contributed by atoms with Crippen LogP contribution in [0.4, 0.5) is 5.69 Å². The lowest BCUT2D eigenvalue weighted by Crippen LogP contribution is -2.35. The standard InChI is InChI=1S/C22H30N2/c1-2-15-23-20-13-14-21-19(17-20)11-6-12-22(21)24-16-7-10-18-8-4-3-5-9-18/h3-6,8-9,11-12,20,23-24H,2,7,10,13-17H2,1H3. The summed E-state index contributed by atoms with van der Waals surface area (Å²) >= 11 is 0. The predicted molar refractivity (Wildman–Crippen MR) is 104 cm³/mol. The van der Waals surface area contributed by atoms with E-state index in [1.807, 2.05) is 0 Å². The monoisotopic (exact) mass is 322 g/mol. The first-order valence-corrected chi connectivity index (χ1v) is 9.48. The summed E-state index contributed by atoms with van der Waals surface area (Å²) in [7, 11) is 0. The molecule has 2 aromatic carbocycles. The molecule has 2 heteroatoms. The Morgan fingerprint density at radius 1 is 1.00 bits per heavy atom. The summed E-state index contributed by atoms with van der Waals surface area (Å²) in [4.78, 5) is 0. The normalized spacial score (nSPS) is 16.6. The molecule has 0 radical (unpaired) electrons. The zero-order chi connectivity index (χ0) is 16.6. The Hall–Kier alpha value is -1.80. The fourth-order valence-electron chi connectivity index (χ4n) is 3.66. The fourth-order valence-corrected chi connectivity index (χ4v) is 3.66. The maximum atomic E-state index is 3.68. The molecule has 0 heterocycles. The number of benzene rings is 2. The van der Waals surface area contributed by atoms with Crippen LogP contribution in [0, 0.1) is 0 Å². The minimum atomic E-state index is 0.658. The molecule has 0 saturated carbocycles. The molecule has 0 spiro atoms. The van der Waals surface area contributed by atoms with Crippen molar-refractivity contribution in [2.45, 2.75) is 51.5 Å². The van der Waals surface area contributed by atoms with Gasteiger partial charge < -0.3 is 10.6 Å². The van der Waals surface area contributed by atoms with Crippen molar-refractivity contribution in [1.82, 2.24) is 5.32 Å². The Kier molecular flexibility index (Phi) is 6.31. The largest absolute Gasteiger partial charge is 0.385 e. The Morgan fingerprint density at radius 3 is 2.71 bits per heavy atom. The van der Waals surface area contributed by atoms with E-state index in [4.69, 9.17) is 0 Å². The van der Waals surface area contributed by atoms with Crippen LogP contribution in [0.15, 0.2) is 48.5 Å². The van der Waals surface area contributed by atoms with E-state index >= 15 is 0 Å². The van der Waals surface area contributed by atoms with Gasteiger partial charge in [0.2, 0.25) is 0 Å². The Balaban J connectivity index is 1.52. The molecule has 0 aliphatic heterocycles. The molecule has 1 atom stereocenters. The third-order valence-corrected chi connectivity index (χ3v) is 4.97. The highest BCUT2D eigenvalue weighted by atomic mass is 14.9. The van der Waals surface area contributed by atoms with E-state index in [0.717, 1.165) is 19.5 Å². The third kappa shape index (κ3) is 4.61. The molecule has 1 unspecified atom stereocenters. The number of aryl methyl sites for hydroxylation is 1. The Morgan fingerprint density at radius 2 is 1.88 bits per heavy atom. The van der Waals surface area contributed by atoms with Crippen molar-refractivity contribution in [3.05, 3.63) is 65.2 Å². The SMILES string of the molecule is CCCNC1CCc2c(cccc2NCCCc2ccccc2)C1. The molecular formula is C22H30N2. The minimum absolute atomic E-state index is 0.658. The molecule has 0 fully saturated rings. The third-order valence-electron chi connectivity index (χ3n) is 4.97. The molecule has 2 aromatic rings. The quantitative estimate of drug-likeness (QED) is 0.695. The van der Waals surface area contributed by atoms with Crippen molar-refractivity contribution in [2.24, 2.45) is 0 Å². The number of hydrogen-bond acceptors (Lipinski definition) is 2. The van der Waals surface area contributed by atoms with Gasteiger partial charge in [-0.3, -0.25) is 0 Å². The lowest BCUT2D eigenvalue weighted by Gasteiger charge is -2.27. The highest BCUT2D eigenvalue weighted by molar-refractivity contribution is 5.56. The topological polar surface area (TPSA) is 24.1 Å². The van der Waals surface area contributed by atoms with Gasteiger partial charge in [-0.25, -0.2) is 0 Å². The molecular weight excluding hydrogens is 292 g/mol. The van der Waals surface area contributed by atoms with Gasteiger partial charge in [0.05, 0.1) is 0 Å². The van der Waals surface area contributed by atoms with Crippen LogP contribution in [0.2, 0.25) is 0 Å². The van der Waals surface area contributed by atoms with Crippen LogP contribution in [-0.4, -0.2) is 19.1 Å². The van der Waals surface area contributed by atoms with Crippen molar-refractivity contribution in [3.63, 3.8) is 0 Å². The fraction of sp³-hybridized carbons (Fsp3) is 0.455. The van der Waals surface area contributed by atoms with Crippen LogP contribution >= 0.6 is 0 Å². The van der Waals surface area contributed by atoms with Crippen LogP contribution in [0.3, 0.4) is 0 Å². The lowest BCUT2D eigenvalue weighted by molar-refractivity contribution is 0.459. The van der Waals surface area contributed by atoms with Gasteiger partial charge in [0, 0.05) is 18.3 Å². The first-order chi connectivity index (χ1) is 11.9. The van der Waals surface area contributed by atoms with Gasteiger partial charge in [0.15, 0.2) is 0 Å². The summed E-state index contributed by atoms with van der Waals surface area (Å²) in [6, 6.07) is 18.2. The van der Waals surface area contributed by atoms with Crippen molar-refractivity contribution < 1.29 is 0 Å². The van der Waals surface area contributed by atoms with Crippen LogP contribution in [0.5, 0.6) is 0 Å². The van der Waals surface area contributed by atoms with Crippen molar-refractivity contribution in [3.8, 4) is 0 Å². The molecule has 0 aromatic heterocycles. The summed E-state index contributed by atoms with van der Waals surface area (Å²) in [6.45, 7) is 4.42. The van der Waals surface area contributed by atoms with Gasteiger partial charge >= 0.3 is 0 Å². The van der Waals surface area contributed by atoms with E-state index in [2.05, 4.69) is 66.1 Å². The Bertz CT molecular complexity index is 621. The van der Waals surface area contributed by atoms with Gasteiger partial charge in [-0.1, -0.05) is 49.4 Å². The lowest BCUT2D eigenvalue weighted by atomic mass is 9.87. The number of rotatable bonds is 8. The average molecular weight is 322 g/mol. The molecule has 1 aliphatic rings. The molecule has 0 amide bonds. The number of nitrogens with one attached hydrogen (secondary N) is 2. The summed E-state index contributed by atoms with van der Waals surface area (Å²) in [5.74, 6) is 0. The molecule has 2 N–H and O–H groups in total. The summed E-state index contributed by atoms with van der Waals surface area (Å²) < 4.78 is 0. The van der Waals surface area contributed by atoms with Gasteiger partial charge in [0.1, 0.15) is 0 Å². The van der Waals surface area contributed by atoms with Gasteiger partial charge in [-0.15, -0.1) is 0 Å². The second-order valence-electron chi connectivity index (χ2n) is 6.85. The molecule has 128 valence electrons. The predicted octanol–water partition coefficient (Wildman–Crippen LogP) is 4.59. The second-order valence-corrected chi connectivity index (χ2v) is 6.85. The van der Waals surface area contributed by atoms with Crippen LogP contribution < -0.4 is 10.6 Å². The zero-order valence-electron chi connectivity index (χ0n) is 14.9. The highest BCUT2D eigenvalue weighted by Crippen LogP contribution is 2.28. The van der Waals surface area contributed by atoms with Crippen molar-refractivity contribution >= 4 is 5.69 Å². The van der Waals surface area contributed by atoms with E-state index in [9.17, 15) is 0 Å². The Labute approximate surface area is 146 Å². The molecule has 1 aliphatic carbocycles. The van der Waals surface area contributed by atoms with Gasteiger partial charge in [0.25, 0.3) is 0 Å². The average Bonchev–Trinajstić information content (AvgIpc) is 2.64. The van der Waals surface area contributed by atoms with Crippen LogP contribution in [-0.2, 0) is 19.3 Å². The molecule has 3 rings (SSSR count). The number of hydrogen-bond donors (Lipinski definition) is 2. The van der Waals surface area contributed by atoms with E-state index in [-0.39, 0.29) is 0 Å². The summed E-state index contributed by atoms with van der Waals surface area (Å²) in [5, 5.41) is 7.36. The number of anilines is 1. The maximum Gasteiger partial charge on any atom is 0.0375 e. The van der Waals surface area contributed by atoms with Crippen molar-refractivity contribution in [2.75, 3.05) is 18.4 Å². The molecule has 24 heavy (non-hydrogen) atoms. The molecule has 0 saturated heterocycles. The molecule has 2 nitrogen and oxygen atoms in total. The van der Waals surface area contributed by atoms with E-state index in [0.29, 0.717) is 6.04 Å². The zero-order valence-corrected chi connectivity index (χ0v) is 14.9. The summed E-state index contributed by atoms with van der Waals surface area (Å²) in [5.41, 5.74) is 5.86. The minimum Gasteiger partial charge on any atom is -0.385 e. The highest BCUT2D eigenvalue weighted by Gasteiger charge is 2.19. The van der Waals surface area contributed by atoms with Crippen molar-refractivity contribution in [1.29, 1.82) is 0 Å². The second kappa shape index (κ2) is 8.89. The van der Waals surface area contributed by atoms with Gasteiger partial charge in [-0.2, -0.15) is 0 Å². The van der Waals surface area contributed by atoms with E-state index in [1.165, 1.54) is 48.9 Å². The number of fused-ring (bicyclic) bond motifs is 1. The van der Waals surface area contributed by atoms with Crippen LogP contribution in [0.25, 0.3) is 0 Å². The first kappa shape index (κ1) is 17.0. The van der Waals surface area contributed by atoms with Crippen LogP contribution in [0.1, 0.15) is 42.9 Å². The maximum absolute atomic E-state index is 3.68. The van der Waals surface area contributed by atoms with E-state index in [1.54, 1.807) is 5.56 Å². The smallest absolute Gasteiger partial charge is 0.0375 e. The first-order valence-electron chi connectivity index (χ1n) is 9.48. The summed E-state index contributed by atoms with van der Waals surface area (Å²) in [6.07, 6.45) is 7.16. The van der Waals surface area contributed by atoms with Gasteiger partial charge in [-0.05, 0) is 67.8 Å².